The number of hydroxylamine groups is 1. The van der Waals surface area contributed by atoms with E-state index in [2.05, 4.69) is 31.1 Å². The van der Waals surface area contributed by atoms with E-state index in [1.54, 1.807) is 36.5 Å². The lowest BCUT2D eigenvalue weighted by Gasteiger charge is -2.23. The molecule has 2 amide bonds. The number of aliphatic hydroxyl groups excluding tert-OH is 1. The van der Waals surface area contributed by atoms with Crippen LogP contribution in [0.4, 0.5) is 5.95 Å². The number of pyridine rings is 1. The van der Waals surface area contributed by atoms with Crippen molar-refractivity contribution in [2.45, 2.75) is 19.0 Å². The summed E-state index contributed by atoms with van der Waals surface area (Å²) >= 11 is 6.42. The van der Waals surface area contributed by atoms with Crippen LogP contribution in [-0.4, -0.2) is 57.0 Å². The summed E-state index contributed by atoms with van der Waals surface area (Å²) in [6.07, 6.45) is 6.25. The van der Waals surface area contributed by atoms with E-state index < -0.39 is 11.9 Å². The summed E-state index contributed by atoms with van der Waals surface area (Å²) in [7, 11) is 1.48. The zero-order chi connectivity index (χ0) is 28.2. The standard InChI is InChI=1S/C27H26ClN7O5/c1-15-18-7-6-16(25-20(28)12-29-27(34-25)31-17-8-9-40-30-11-17)10-19(18)26(38)35(15)13-23(37)32-22(14-36)21-4-3-5-24(33-21)39-2/h3-12,15,22,30,36H,13-14H2,1-2H3,(H,32,37)(H,29,31,34)/t15?,22-/m1/s1. The number of fused-ring (bicyclic) bond motifs is 1. The van der Waals surface area contributed by atoms with Gasteiger partial charge in [-0.1, -0.05) is 29.8 Å². The fourth-order valence-electron chi connectivity index (χ4n) is 4.44. The maximum atomic E-state index is 13.4. The van der Waals surface area contributed by atoms with Crippen LogP contribution < -0.4 is 20.9 Å². The number of ether oxygens (including phenoxy) is 1. The second-order valence-electron chi connectivity index (χ2n) is 8.97. The van der Waals surface area contributed by atoms with Crippen LogP contribution in [0.25, 0.3) is 11.3 Å². The van der Waals surface area contributed by atoms with Crippen molar-refractivity contribution in [1.29, 1.82) is 0 Å². The fraction of sp³-hybridized carbons (Fsp3) is 0.222. The average Bonchev–Trinajstić information content (AvgIpc) is 3.21. The van der Waals surface area contributed by atoms with Crippen molar-refractivity contribution in [3.05, 3.63) is 88.7 Å². The van der Waals surface area contributed by atoms with Crippen molar-refractivity contribution in [2.75, 3.05) is 25.6 Å². The molecule has 0 radical (unpaired) electrons. The topological polar surface area (TPSA) is 151 Å². The van der Waals surface area contributed by atoms with Crippen molar-refractivity contribution in [1.82, 2.24) is 30.6 Å². The highest BCUT2D eigenvalue weighted by atomic mass is 35.5. The Labute approximate surface area is 234 Å². The van der Waals surface area contributed by atoms with E-state index in [0.29, 0.717) is 45.1 Å². The molecule has 206 valence electrons. The van der Waals surface area contributed by atoms with Gasteiger partial charge in [-0.3, -0.25) is 9.59 Å². The fourth-order valence-corrected chi connectivity index (χ4v) is 4.64. The quantitative estimate of drug-likeness (QED) is 0.306. The highest BCUT2D eigenvalue weighted by molar-refractivity contribution is 6.33. The van der Waals surface area contributed by atoms with Crippen molar-refractivity contribution >= 4 is 29.4 Å². The van der Waals surface area contributed by atoms with E-state index in [0.717, 1.165) is 5.56 Å². The van der Waals surface area contributed by atoms with Crippen LogP contribution in [-0.2, 0) is 9.63 Å². The lowest BCUT2D eigenvalue weighted by Crippen LogP contribution is -2.41. The number of carbonyl (C=O) groups is 2. The second-order valence-corrected chi connectivity index (χ2v) is 9.38. The molecule has 2 aromatic heterocycles. The predicted octanol–water partition coefficient (Wildman–Crippen LogP) is 2.87. The average molecular weight is 564 g/mol. The molecule has 2 aliphatic rings. The summed E-state index contributed by atoms with van der Waals surface area (Å²) in [4.78, 5) is 45.7. The lowest BCUT2D eigenvalue weighted by molar-refractivity contribution is -0.123. The minimum absolute atomic E-state index is 0.201. The van der Waals surface area contributed by atoms with Gasteiger partial charge in [-0.15, -0.1) is 0 Å². The van der Waals surface area contributed by atoms with Gasteiger partial charge in [-0.05, 0) is 24.6 Å². The number of carbonyl (C=O) groups excluding carboxylic acids is 2. The van der Waals surface area contributed by atoms with Crippen LogP contribution in [0.5, 0.6) is 5.88 Å². The Bertz CT molecular complexity index is 1510. The van der Waals surface area contributed by atoms with Gasteiger partial charge < -0.3 is 30.2 Å². The van der Waals surface area contributed by atoms with Crippen LogP contribution in [0.1, 0.15) is 40.6 Å². The minimum Gasteiger partial charge on any atom is -0.481 e. The van der Waals surface area contributed by atoms with Gasteiger partial charge >= 0.3 is 0 Å². The van der Waals surface area contributed by atoms with Gasteiger partial charge in [0.05, 0.1) is 60.3 Å². The molecule has 2 aliphatic heterocycles. The number of allylic oxidation sites excluding steroid dienone is 1. The number of aliphatic hydroxyl groups is 1. The molecule has 2 atom stereocenters. The van der Waals surface area contributed by atoms with Gasteiger partial charge in [0, 0.05) is 23.3 Å². The van der Waals surface area contributed by atoms with Crippen LogP contribution >= 0.6 is 11.6 Å². The van der Waals surface area contributed by atoms with Crippen LogP contribution in [0.3, 0.4) is 0 Å². The highest BCUT2D eigenvalue weighted by Gasteiger charge is 2.35. The monoisotopic (exact) mass is 563 g/mol. The third-order valence-electron chi connectivity index (χ3n) is 6.48. The smallest absolute Gasteiger partial charge is 0.255 e. The number of methoxy groups -OCH3 is 1. The Balaban J connectivity index is 1.32. The van der Waals surface area contributed by atoms with Gasteiger partial charge in [0.2, 0.25) is 17.7 Å². The molecule has 12 nitrogen and oxygen atoms in total. The van der Waals surface area contributed by atoms with Gasteiger partial charge in [0.25, 0.3) is 5.91 Å². The Morgan fingerprint density at radius 1 is 1.30 bits per heavy atom. The van der Waals surface area contributed by atoms with Crippen molar-refractivity contribution in [2.24, 2.45) is 0 Å². The number of anilines is 1. The Morgan fingerprint density at radius 2 is 2.15 bits per heavy atom. The van der Waals surface area contributed by atoms with Crippen LogP contribution in [0, 0.1) is 0 Å². The molecule has 5 rings (SSSR count). The first-order valence-electron chi connectivity index (χ1n) is 12.3. The largest absolute Gasteiger partial charge is 0.481 e. The van der Waals surface area contributed by atoms with E-state index in [-0.39, 0.29) is 25.1 Å². The third kappa shape index (κ3) is 5.53. The van der Waals surface area contributed by atoms with Gasteiger partial charge in [-0.2, -0.15) is 0 Å². The lowest BCUT2D eigenvalue weighted by atomic mass is 10.0. The number of aromatic nitrogens is 3. The van der Waals surface area contributed by atoms with E-state index in [1.165, 1.54) is 24.5 Å². The van der Waals surface area contributed by atoms with Crippen molar-refractivity contribution < 1.29 is 24.3 Å². The Kier molecular flexibility index (Phi) is 7.80. The first kappa shape index (κ1) is 26.9. The summed E-state index contributed by atoms with van der Waals surface area (Å²) < 4.78 is 5.13. The third-order valence-corrected chi connectivity index (χ3v) is 6.75. The highest BCUT2D eigenvalue weighted by Crippen LogP contribution is 2.37. The number of hydrogen-bond acceptors (Lipinski definition) is 10. The SMILES string of the molecule is COc1cccc([C@@H](CO)NC(=O)CN2C(=O)c3cc(-c4nc(NC5=CNOC=C5)ncc4Cl)ccc3C2C)n1. The molecule has 3 aromatic rings. The molecule has 4 heterocycles. The van der Waals surface area contributed by atoms with Gasteiger partial charge in [-0.25, -0.2) is 20.4 Å². The van der Waals surface area contributed by atoms with E-state index in [4.69, 9.17) is 21.2 Å². The first-order chi connectivity index (χ1) is 19.4. The Hall–Kier alpha value is -4.68. The zero-order valence-electron chi connectivity index (χ0n) is 21.6. The first-order valence-corrected chi connectivity index (χ1v) is 12.7. The molecule has 0 spiro atoms. The van der Waals surface area contributed by atoms with E-state index >= 15 is 0 Å². The molecule has 0 saturated heterocycles. The molecular weight excluding hydrogens is 538 g/mol. The molecule has 0 saturated carbocycles. The maximum absolute atomic E-state index is 13.4. The number of rotatable bonds is 9. The summed E-state index contributed by atoms with van der Waals surface area (Å²) in [5.74, 6) is -0.0634. The van der Waals surface area contributed by atoms with Crippen molar-refractivity contribution in [3.63, 3.8) is 0 Å². The summed E-state index contributed by atoms with van der Waals surface area (Å²) in [6, 6.07) is 9.35. The summed E-state index contributed by atoms with van der Waals surface area (Å²) in [5.41, 5.74) is 6.03. The minimum atomic E-state index is -0.754. The number of nitrogens with zero attached hydrogens (tertiary/aromatic N) is 4. The van der Waals surface area contributed by atoms with Gasteiger partial charge in [0.15, 0.2) is 0 Å². The second kappa shape index (κ2) is 11.6. The summed E-state index contributed by atoms with van der Waals surface area (Å²) in [5, 5.41) is 16.0. The molecule has 13 heteroatoms. The van der Waals surface area contributed by atoms with E-state index in [1.807, 2.05) is 19.1 Å². The van der Waals surface area contributed by atoms with Gasteiger partial charge in [0.1, 0.15) is 12.8 Å². The number of halogens is 1. The van der Waals surface area contributed by atoms with Crippen LogP contribution in [0.15, 0.2) is 66.8 Å². The van der Waals surface area contributed by atoms with Crippen molar-refractivity contribution in [3.8, 4) is 17.1 Å². The molecule has 40 heavy (non-hydrogen) atoms. The summed E-state index contributed by atoms with van der Waals surface area (Å²) in [6.45, 7) is 1.28. The van der Waals surface area contributed by atoms with Crippen LogP contribution in [0.2, 0.25) is 5.02 Å². The maximum Gasteiger partial charge on any atom is 0.255 e. The number of benzene rings is 1. The molecule has 1 unspecified atom stereocenters. The Morgan fingerprint density at radius 3 is 2.90 bits per heavy atom. The molecule has 1 aromatic carbocycles. The molecule has 0 fully saturated rings. The zero-order valence-corrected chi connectivity index (χ0v) is 22.3. The molecule has 0 bridgehead atoms. The number of nitrogens with one attached hydrogen (secondary N) is 3. The molecule has 0 aliphatic carbocycles. The molecular formula is C27H26ClN7O5. The number of hydrogen-bond donors (Lipinski definition) is 4. The van der Waals surface area contributed by atoms with E-state index in [9.17, 15) is 14.7 Å². The molecule has 4 N–H and O–H groups in total. The normalized spacial score (nSPS) is 16.4. The predicted molar refractivity (Wildman–Crippen MR) is 146 cm³/mol. The number of amides is 2.